The Hall–Kier alpha value is -1.29. The monoisotopic (exact) mass is 287 g/mol. The molecule has 0 amide bonds. The Morgan fingerprint density at radius 2 is 1.70 bits per heavy atom. The van der Waals surface area contributed by atoms with Gasteiger partial charge >= 0.3 is 0 Å². The minimum Gasteiger partial charge on any atom is -0.384 e. The predicted octanol–water partition coefficient (Wildman–Crippen LogP) is 3.41. The highest BCUT2D eigenvalue weighted by Crippen LogP contribution is 2.19. The van der Waals surface area contributed by atoms with Gasteiger partial charge in [0.2, 0.25) is 0 Å². The van der Waals surface area contributed by atoms with E-state index in [-0.39, 0.29) is 0 Å². The van der Waals surface area contributed by atoms with Crippen molar-refractivity contribution < 1.29 is 5.11 Å². The summed E-state index contributed by atoms with van der Waals surface area (Å²) < 4.78 is 0. The van der Waals surface area contributed by atoms with Crippen LogP contribution in [-0.2, 0) is 12.1 Å². The highest BCUT2D eigenvalue weighted by atomic mass is 32.2. The van der Waals surface area contributed by atoms with Crippen LogP contribution in [0.4, 0.5) is 0 Å². The third-order valence-electron chi connectivity index (χ3n) is 3.35. The summed E-state index contributed by atoms with van der Waals surface area (Å²) in [6.07, 6.45) is 2.07. The van der Waals surface area contributed by atoms with Crippen LogP contribution >= 0.6 is 11.8 Å². The van der Waals surface area contributed by atoms with Gasteiger partial charge in [-0.05, 0) is 36.4 Å². The molecule has 1 atom stereocenters. The maximum atomic E-state index is 10.5. The van der Waals surface area contributed by atoms with Gasteiger partial charge in [0.05, 0.1) is 5.60 Å². The first kappa shape index (κ1) is 15.1. The summed E-state index contributed by atoms with van der Waals surface area (Å²) >= 11 is 1.74. The van der Waals surface area contributed by atoms with E-state index in [4.69, 9.17) is 0 Å². The van der Waals surface area contributed by atoms with Crippen molar-refractivity contribution in [3.63, 3.8) is 0 Å². The van der Waals surface area contributed by atoms with Crippen LogP contribution in [0.25, 0.3) is 0 Å². The third kappa shape index (κ3) is 4.10. The molecule has 20 heavy (non-hydrogen) atoms. The van der Waals surface area contributed by atoms with E-state index in [0.29, 0.717) is 6.54 Å². The zero-order chi connectivity index (χ0) is 14.4. The smallest absolute Gasteiger partial charge is 0.0992 e. The van der Waals surface area contributed by atoms with Gasteiger partial charge in [-0.2, -0.15) is 0 Å². The number of benzene rings is 2. The molecular weight excluding hydrogens is 266 g/mol. The van der Waals surface area contributed by atoms with Crippen molar-refractivity contribution in [1.82, 2.24) is 5.32 Å². The van der Waals surface area contributed by atoms with Crippen molar-refractivity contribution in [1.29, 1.82) is 0 Å². The van der Waals surface area contributed by atoms with Crippen LogP contribution in [0.5, 0.6) is 0 Å². The molecule has 0 spiro atoms. The summed E-state index contributed by atoms with van der Waals surface area (Å²) in [6, 6.07) is 18.3. The van der Waals surface area contributed by atoms with Crippen molar-refractivity contribution in [2.24, 2.45) is 0 Å². The number of aliphatic hydroxyl groups is 1. The summed E-state index contributed by atoms with van der Waals surface area (Å²) in [7, 11) is 0. The molecule has 0 aromatic heterocycles. The summed E-state index contributed by atoms with van der Waals surface area (Å²) in [5.74, 6) is 0. The van der Waals surface area contributed by atoms with Crippen LogP contribution in [0.2, 0.25) is 0 Å². The van der Waals surface area contributed by atoms with Crippen LogP contribution < -0.4 is 5.32 Å². The molecule has 0 aliphatic rings. The number of thioether (sulfide) groups is 1. The number of rotatable bonds is 6. The molecule has 0 heterocycles. The minimum absolute atomic E-state index is 0.529. The van der Waals surface area contributed by atoms with Crippen molar-refractivity contribution in [3.8, 4) is 0 Å². The first-order valence-corrected chi connectivity index (χ1v) is 7.96. The second-order valence-corrected chi connectivity index (χ2v) is 5.97. The Labute approximate surface area is 125 Å². The Balaban J connectivity index is 1.88. The molecule has 0 aliphatic carbocycles. The first-order valence-electron chi connectivity index (χ1n) is 6.73. The summed E-state index contributed by atoms with van der Waals surface area (Å²) in [5, 5.41) is 13.8. The molecule has 2 aromatic carbocycles. The first-order chi connectivity index (χ1) is 9.62. The van der Waals surface area contributed by atoms with Crippen LogP contribution in [0.1, 0.15) is 18.1 Å². The molecule has 0 aliphatic heterocycles. The standard InChI is InChI=1S/C17H21NOS/c1-17(19,15-6-4-3-5-7-15)13-18-12-14-8-10-16(20-2)11-9-14/h3-11,18-19H,12-13H2,1-2H3. The Morgan fingerprint density at radius 3 is 2.30 bits per heavy atom. The lowest BCUT2D eigenvalue weighted by molar-refractivity contribution is 0.0567. The maximum absolute atomic E-state index is 10.5. The Bertz CT molecular complexity index is 522. The molecule has 2 N–H and O–H groups in total. The lowest BCUT2D eigenvalue weighted by Crippen LogP contribution is -2.35. The van der Waals surface area contributed by atoms with E-state index in [0.717, 1.165) is 12.1 Å². The molecular formula is C17H21NOS. The number of hydrogen-bond acceptors (Lipinski definition) is 3. The SMILES string of the molecule is CSc1ccc(CNCC(C)(O)c2ccccc2)cc1. The summed E-state index contributed by atoms with van der Waals surface area (Å²) in [4.78, 5) is 1.27. The zero-order valence-corrected chi connectivity index (χ0v) is 12.8. The molecule has 3 heteroatoms. The van der Waals surface area contributed by atoms with Gasteiger partial charge in [-0.15, -0.1) is 11.8 Å². The number of hydrogen-bond donors (Lipinski definition) is 2. The van der Waals surface area contributed by atoms with Gasteiger partial charge in [0.15, 0.2) is 0 Å². The second-order valence-electron chi connectivity index (χ2n) is 5.09. The Morgan fingerprint density at radius 1 is 1.05 bits per heavy atom. The van der Waals surface area contributed by atoms with E-state index >= 15 is 0 Å². The largest absolute Gasteiger partial charge is 0.384 e. The molecule has 0 fully saturated rings. The molecule has 0 radical (unpaired) electrons. The van der Waals surface area contributed by atoms with Gasteiger partial charge in [0.25, 0.3) is 0 Å². The highest BCUT2D eigenvalue weighted by molar-refractivity contribution is 7.98. The topological polar surface area (TPSA) is 32.3 Å². The fraction of sp³-hybridized carbons (Fsp3) is 0.294. The van der Waals surface area contributed by atoms with Gasteiger partial charge in [-0.1, -0.05) is 42.5 Å². The Kier molecular flexibility index (Phi) is 5.24. The molecule has 1 unspecified atom stereocenters. The van der Waals surface area contributed by atoms with Gasteiger partial charge < -0.3 is 10.4 Å². The van der Waals surface area contributed by atoms with E-state index < -0.39 is 5.60 Å². The van der Waals surface area contributed by atoms with Gasteiger partial charge in [0, 0.05) is 18.0 Å². The highest BCUT2D eigenvalue weighted by Gasteiger charge is 2.21. The summed E-state index contributed by atoms with van der Waals surface area (Å²) in [5.41, 5.74) is 1.32. The molecule has 106 valence electrons. The fourth-order valence-corrected chi connectivity index (χ4v) is 2.50. The van der Waals surface area contributed by atoms with E-state index in [1.165, 1.54) is 10.5 Å². The minimum atomic E-state index is -0.847. The summed E-state index contributed by atoms with van der Waals surface area (Å²) in [6.45, 7) is 3.13. The average Bonchev–Trinajstić information content (AvgIpc) is 2.49. The third-order valence-corrected chi connectivity index (χ3v) is 4.10. The van der Waals surface area contributed by atoms with Crippen LogP contribution in [0, 0.1) is 0 Å². The van der Waals surface area contributed by atoms with Crippen LogP contribution in [0.3, 0.4) is 0 Å². The lowest BCUT2D eigenvalue weighted by Gasteiger charge is -2.24. The van der Waals surface area contributed by atoms with E-state index in [1.54, 1.807) is 11.8 Å². The van der Waals surface area contributed by atoms with Crippen LogP contribution in [-0.4, -0.2) is 17.9 Å². The van der Waals surface area contributed by atoms with Crippen molar-refractivity contribution in [2.45, 2.75) is 24.0 Å². The predicted molar refractivity (Wildman–Crippen MR) is 85.9 cm³/mol. The number of nitrogens with one attached hydrogen (secondary N) is 1. The molecule has 0 bridgehead atoms. The zero-order valence-electron chi connectivity index (χ0n) is 12.0. The molecule has 0 saturated carbocycles. The van der Waals surface area contributed by atoms with Crippen molar-refractivity contribution >= 4 is 11.8 Å². The normalized spacial score (nSPS) is 13.9. The van der Waals surface area contributed by atoms with E-state index in [2.05, 4.69) is 35.8 Å². The molecule has 2 rings (SSSR count). The van der Waals surface area contributed by atoms with Crippen molar-refractivity contribution in [3.05, 3.63) is 65.7 Å². The quantitative estimate of drug-likeness (QED) is 0.799. The van der Waals surface area contributed by atoms with E-state index in [1.807, 2.05) is 37.3 Å². The fourth-order valence-electron chi connectivity index (χ4n) is 2.09. The van der Waals surface area contributed by atoms with Crippen molar-refractivity contribution in [2.75, 3.05) is 12.8 Å². The van der Waals surface area contributed by atoms with E-state index in [9.17, 15) is 5.11 Å². The lowest BCUT2D eigenvalue weighted by atomic mass is 9.96. The van der Waals surface area contributed by atoms with Crippen LogP contribution in [0.15, 0.2) is 59.5 Å². The van der Waals surface area contributed by atoms with Gasteiger partial charge in [-0.25, -0.2) is 0 Å². The van der Waals surface area contributed by atoms with Gasteiger partial charge in [0.1, 0.15) is 0 Å². The van der Waals surface area contributed by atoms with Gasteiger partial charge in [-0.3, -0.25) is 0 Å². The average molecular weight is 287 g/mol. The molecule has 0 saturated heterocycles. The maximum Gasteiger partial charge on any atom is 0.0992 e. The second kappa shape index (κ2) is 6.93. The molecule has 2 nitrogen and oxygen atoms in total. The molecule has 2 aromatic rings.